The van der Waals surface area contributed by atoms with Crippen LogP contribution in [-0.2, 0) is 17.1 Å². The number of imidazole rings is 1. The zero-order valence-electron chi connectivity index (χ0n) is 10.5. The number of hydrogen-bond donors (Lipinski definition) is 2. The van der Waals surface area contributed by atoms with Crippen molar-refractivity contribution in [2.45, 2.75) is 14.9 Å². The van der Waals surface area contributed by atoms with Crippen LogP contribution in [0.4, 0.5) is 5.69 Å². The second-order valence-electron chi connectivity index (χ2n) is 3.83. The summed E-state index contributed by atoms with van der Waals surface area (Å²) in [6.45, 7) is 0. The average Bonchev–Trinajstić information content (AvgIpc) is 2.77. The highest BCUT2D eigenvalue weighted by atomic mass is 32.2. The van der Waals surface area contributed by atoms with Crippen LogP contribution < -0.4 is 10.5 Å². The van der Waals surface area contributed by atoms with Crippen molar-refractivity contribution < 1.29 is 8.42 Å². The predicted octanol–water partition coefficient (Wildman–Crippen LogP) is 1.06. The lowest BCUT2D eigenvalue weighted by atomic mass is 10.3. The summed E-state index contributed by atoms with van der Waals surface area (Å²) in [6.07, 6.45) is 3.49. The van der Waals surface area contributed by atoms with Crippen LogP contribution in [0.15, 0.2) is 45.5 Å². The van der Waals surface area contributed by atoms with E-state index in [1.165, 1.54) is 24.9 Å². The highest BCUT2D eigenvalue weighted by molar-refractivity contribution is 7.99. The van der Waals surface area contributed by atoms with Crippen molar-refractivity contribution in [3.63, 3.8) is 0 Å². The van der Waals surface area contributed by atoms with Crippen molar-refractivity contribution in [1.29, 1.82) is 0 Å². The van der Waals surface area contributed by atoms with Gasteiger partial charge in [-0.15, -0.1) is 0 Å². The minimum atomic E-state index is -3.47. The number of nitrogens with one attached hydrogen (secondary N) is 1. The third-order valence-electron chi connectivity index (χ3n) is 2.54. The molecule has 0 unspecified atom stereocenters. The summed E-state index contributed by atoms with van der Waals surface area (Å²) < 4.78 is 27.6. The summed E-state index contributed by atoms with van der Waals surface area (Å²) in [5.41, 5.74) is 6.38. The number of rotatable bonds is 4. The maximum Gasteiger partial charge on any atom is 0.240 e. The van der Waals surface area contributed by atoms with E-state index < -0.39 is 10.0 Å². The first-order valence-corrected chi connectivity index (χ1v) is 7.72. The maximum atomic E-state index is 11.8. The number of aromatic nitrogens is 2. The van der Waals surface area contributed by atoms with Crippen LogP contribution in [-0.4, -0.2) is 25.0 Å². The molecule has 0 amide bonds. The van der Waals surface area contributed by atoms with E-state index in [4.69, 9.17) is 5.73 Å². The van der Waals surface area contributed by atoms with Gasteiger partial charge in [0.2, 0.25) is 10.0 Å². The van der Waals surface area contributed by atoms with Crippen LogP contribution in [0.25, 0.3) is 0 Å². The van der Waals surface area contributed by atoms with Crippen LogP contribution in [0.2, 0.25) is 0 Å². The van der Waals surface area contributed by atoms with Gasteiger partial charge in [0.05, 0.1) is 4.90 Å². The molecule has 1 aromatic heterocycles. The standard InChI is InChI=1S/C11H14N4O2S2/c1-13-19(16,17)8-3-4-9(12)10(7-8)18-11-14-5-6-15(11)2/h3-7,13H,12H2,1-2H3. The minimum absolute atomic E-state index is 0.181. The summed E-state index contributed by atoms with van der Waals surface area (Å²) in [4.78, 5) is 5.01. The minimum Gasteiger partial charge on any atom is -0.398 e. The van der Waals surface area contributed by atoms with Crippen molar-refractivity contribution >= 4 is 27.5 Å². The van der Waals surface area contributed by atoms with Crippen molar-refractivity contribution in [3.8, 4) is 0 Å². The molecule has 19 heavy (non-hydrogen) atoms. The lowest BCUT2D eigenvalue weighted by molar-refractivity contribution is 0.588. The monoisotopic (exact) mass is 298 g/mol. The Kier molecular flexibility index (Phi) is 3.83. The van der Waals surface area contributed by atoms with Gasteiger partial charge in [0, 0.05) is 30.0 Å². The van der Waals surface area contributed by atoms with Crippen LogP contribution >= 0.6 is 11.8 Å². The molecule has 0 radical (unpaired) electrons. The van der Waals surface area contributed by atoms with Crippen molar-refractivity contribution in [2.75, 3.05) is 12.8 Å². The molecule has 0 spiro atoms. The fraction of sp³-hybridized carbons (Fsp3) is 0.182. The molecule has 8 heteroatoms. The number of anilines is 1. The van der Waals surface area contributed by atoms with Gasteiger partial charge in [-0.25, -0.2) is 18.1 Å². The Bertz CT molecular complexity index is 694. The first-order valence-electron chi connectivity index (χ1n) is 5.42. The molecular formula is C11H14N4O2S2. The van der Waals surface area contributed by atoms with Crippen molar-refractivity contribution in [3.05, 3.63) is 30.6 Å². The summed E-state index contributed by atoms with van der Waals surface area (Å²) in [7, 11) is -0.239. The zero-order chi connectivity index (χ0) is 14.0. The highest BCUT2D eigenvalue weighted by Crippen LogP contribution is 2.32. The first-order chi connectivity index (χ1) is 8.94. The fourth-order valence-corrected chi connectivity index (χ4v) is 3.15. The number of nitrogens with zero attached hydrogens (tertiary/aromatic N) is 2. The van der Waals surface area contributed by atoms with Gasteiger partial charge >= 0.3 is 0 Å². The van der Waals surface area contributed by atoms with Gasteiger partial charge in [-0.2, -0.15) is 0 Å². The first kappa shape index (κ1) is 13.9. The maximum absolute atomic E-state index is 11.8. The van der Waals surface area contributed by atoms with Gasteiger partial charge in [0.1, 0.15) is 0 Å². The Balaban J connectivity index is 2.41. The molecule has 0 saturated heterocycles. The summed E-state index contributed by atoms with van der Waals surface area (Å²) >= 11 is 1.32. The molecule has 2 aromatic rings. The van der Waals surface area contributed by atoms with Crippen LogP contribution in [0, 0.1) is 0 Å². The topological polar surface area (TPSA) is 90.0 Å². The molecule has 0 saturated carbocycles. The molecule has 0 aliphatic heterocycles. The van der Waals surface area contributed by atoms with Crippen LogP contribution in [0.5, 0.6) is 0 Å². The third kappa shape index (κ3) is 2.91. The molecule has 0 aliphatic rings. The second kappa shape index (κ2) is 5.24. The Hall–Kier alpha value is -1.51. The Morgan fingerprint density at radius 1 is 1.42 bits per heavy atom. The quantitative estimate of drug-likeness (QED) is 0.824. The molecule has 0 aliphatic carbocycles. The van der Waals surface area contributed by atoms with Gasteiger partial charge in [-0.3, -0.25) is 0 Å². The lowest BCUT2D eigenvalue weighted by Crippen LogP contribution is -2.18. The van der Waals surface area contributed by atoms with E-state index in [-0.39, 0.29) is 4.90 Å². The van der Waals surface area contributed by atoms with Crippen LogP contribution in [0.1, 0.15) is 0 Å². The van der Waals surface area contributed by atoms with Crippen molar-refractivity contribution in [1.82, 2.24) is 14.3 Å². The largest absolute Gasteiger partial charge is 0.398 e. The molecule has 1 aromatic carbocycles. The summed E-state index contributed by atoms with van der Waals surface area (Å²) in [5.74, 6) is 0. The van der Waals surface area contributed by atoms with E-state index in [2.05, 4.69) is 9.71 Å². The molecule has 0 fully saturated rings. The van der Waals surface area contributed by atoms with E-state index in [1.807, 2.05) is 17.8 Å². The number of benzene rings is 1. The normalized spacial score (nSPS) is 11.7. The average molecular weight is 298 g/mol. The van der Waals surface area contributed by atoms with Gasteiger partial charge in [0.15, 0.2) is 5.16 Å². The predicted molar refractivity (Wildman–Crippen MR) is 74.4 cm³/mol. The van der Waals surface area contributed by atoms with Crippen molar-refractivity contribution in [2.24, 2.45) is 7.05 Å². The number of aryl methyl sites for hydroxylation is 1. The number of nitrogens with two attached hydrogens (primary N) is 1. The highest BCUT2D eigenvalue weighted by Gasteiger charge is 2.14. The van der Waals surface area contributed by atoms with Gasteiger partial charge in [-0.05, 0) is 37.0 Å². The molecule has 102 valence electrons. The van der Waals surface area contributed by atoms with E-state index in [9.17, 15) is 8.42 Å². The van der Waals surface area contributed by atoms with E-state index in [0.717, 1.165) is 5.16 Å². The summed E-state index contributed by atoms with van der Waals surface area (Å²) in [6, 6.07) is 4.60. The lowest BCUT2D eigenvalue weighted by Gasteiger charge is -2.08. The molecule has 0 bridgehead atoms. The molecule has 2 rings (SSSR count). The third-order valence-corrected chi connectivity index (χ3v) is 5.10. The molecule has 1 heterocycles. The van der Waals surface area contributed by atoms with E-state index in [0.29, 0.717) is 10.6 Å². The van der Waals surface area contributed by atoms with Gasteiger partial charge < -0.3 is 10.3 Å². The van der Waals surface area contributed by atoms with Gasteiger partial charge in [0.25, 0.3) is 0 Å². The molecule has 0 atom stereocenters. The number of sulfonamides is 1. The second-order valence-corrected chi connectivity index (χ2v) is 6.73. The molecular weight excluding hydrogens is 284 g/mol. The van der Waals surface area contributed by atoms with E-state index >= 15 is 0 Å². The number of nitrogen functional groups attached to an aromatic ring is 1. The smallest absolute Gasteiger partial charge is 0.240 e. The molecule has 6 nitrogen and oxygen atoms in total. The summed E-state index contributed by atoms with van der Waals surface area (Å²) in [5, 5.41) is 0.741. The zero-order valence-corrected chi connectivity index (χ0v) is 12.1. The fourth-order valence-electron chi connectivity index (χ4n) is 1.44. The van der Waals surface area contributed by atoms with Gasteiger partial charge in [-0.1, -0.05) is 0 Å². The molecule has 3 N–H and O–H groups in total. The SMILES string of the molecule is CNS(=O)(=O)c1ccc(N)c(Sc2nccn2C)c1. The Morgan fingerprint density at radius 2 is 2.16 bits per heavy atom. The van der Waals surface area contributed by atoms with Crippen LogP contribution in [0.3, 0.4) is 0 Å². The number of hydrogen-bond acceptors (Lipinski definition) is 5. The Morgan fingerprint density at radius 3 is 2.74 bits per heavy atom. The van der Waals surface area contributed by atoms with E-state index in [1.54, 1.807) is 18.3 Å². The Labute approximate surface area is 116 Å².